The molecule has 0 aliphatic carbocycles. The van der Waals surface area contributed by atoms with Crippen molar-refractivity contribution in [1.29, 1.82) is 0 Å². The van der Waals surface area contributed by atoms with Gasteiger partial charge in [0.15, 0.2) is 0 Å². The number of ether oxygens (including phenoxy) is 2. The lowest BCUT2D eigenvalue weighted by atomic mass is 10.1. The largest absolute Gasteiger partial charge is 0.512 e. The number of methoxy groups -OCH3 is 1. The quantitative estimate of drug-likeness (QED) is 0.819. The summed E-state index contributed by atoms with van der Waals surface area (Å²) in [6, 6.07) is 3.63. The maximum absolute atomic E-state index is 14.1. The number of hydrogen-bond donors (Lipinski definition) is 2. The van der Waals surface area contributed by atoms with E-state index < -0.39 is 17.9 Å². The zero-order valence-corrected chi connectivity index (χ0v) is 12.6. The van der Waals surface area contributed by atoms with Crippen LogP contribution in [0.2, 0.25) is 10.0 Å². The van der Waals surface area contributed by atoms with Crippen molar-refractivity contribution in [2.45, 2.75) is 0 Å². The van der Waals surface area contributed by atoms with Gasteiger partial charge in [-0.2, -0.15) is 0 Å². The van der Waals surface area contributed by atoms with Crippen molar-refractivity contribution in [1.82, 2.24) is 4.98 Å². The summed E-state index contributed by atoms with van der Waals surface area (Å²) in [5.74, 6) is -0.923. The summed E-state index contributed by atoms with van der Waals surface area (Å²) in [5, 5.41) is 8.53. The topological polar surface area (TPSA) is 94.7 Å². The molecule has 0 spiro atoms. The average molecular weight is 347 g/mol. The predicted octanol–water partition coefficient (Wildman–Crippen LogP) is 3.84. The van der Waals surface area contributed by atoms with E-state index in [2.05, 4.69) is 9.72 Å². The molecule has 0 aliphatic heterocycles. The molecule has 0 atom stereocenters. The van der Waals surface area contributed by atoms with E-state index in [4.69, 9.17) is 38.8 Å². The third kappa shape index (κ3) is 3.15. The van der Waals surface area contributed by atoms with Gasteiger partial charge in [-0.05, 0) is 18.2 Å². The SMILES string of the molecule is COc1cc(-c2cc(N)c(Cl)c(OC(=O)O)n2)c(F)cc1Cl. The summed E-state index contributed by atoms with van der Waals surface area (Å²) in [7, 11) is 1.37. The van der Waals surface area contributed by atoms with E-state index in [1.54, 1.807) is 0 Å². The highest BCUT2D eigenvalue weighted by molar-refractivity contribution is 6.34. The number of carboxylic acid groups (broad SMARTS) is 1. The van der Waals surface area contributed by atoms with E-state index in [0.29, 0.717) is 0 Å². The van der Waals surface area contributed by atoms with Crippen LogP contribution in [0.5, 0.6) is 11.6 Å². The number of halogens is 3. The number of carbonyl (C=O) groups is 1. The Morgan fingerprint density at radius 1 is 1.36 bits per heavy atom. The van der Waals surface area contributed by atoms with E-state index in [1.807, 2.05) is 0 Å². The molecule has 9 heteroatoms. The van der Waals surface area contributed by atoms with Crippen molar-refractivity contribution < 1.29 is 23.8 Å². The Bertz CT molecular complexity index is 755. The molecule has 22 heavy (non-hydrogen) atoms. The van der Waals surface area contributed by atoms with Crippen LogP contribution in [0.4, 0.5) is 14.9 Å². The Hall–Kier alpha value is -2.25. The lowest BCUT2D eigenvalue weighted by Crippen LogP contribution is -2.07. The molecule has 0 bridgehead atoms. The van der Waals surface area contributed by atoms with Crippen LogP contribution in [0, 0.1) is 5.82 Å². The summed E-state index contributed by atoms with van der Waals surface area (Å²) in [4.78, 5) is 14.5. The van der Waals surface area contributed by atoms with Gasteiger partial charge in [-0.3, -0.25) is 0 Å². The second-order valence-corrected chi connectivity index (χ2v) is 4.84. The fraction of sp³-hybridized carbons (Fsp3) is 0.0769. The average Bonchev–Trinajstić information content (AvgIpc) is 2.43. The van der Waals surface area contributed by atoms with Gasteiger partial charge in [-0.25, -0.2) is 14.2 Å². The van der Waals surface area contributed by atoms with Gasteiger partial charge in [0.2, 0.25) is 5.88 Å². The molecule has 2 aromatic rings. The smallest absolute Gasteiger partial charge is 0.495 e. The molecule has 6 nitrogen and oxygen atoms in total. The number of aromatic nitrogens is 1. The molecule has 0 amide bonds. The van der Waals surface area contributed by atoms with E-state index in [1.165, 1.54) is 19.2 Å². The molecule has 0 aliphatic rings. The van der Waals surface area contributed by atoms with E-state index in [0.717, 1.165) is 6.07 Å². The summed E-state index contributed by atoms with van der Waals surface area (Å²) >= 11 is 11.6. The summed E-state index contributed by atoms with van der Waals surface area (Å²) < 4.78 is 23.5. The molecule has 0 fully saturated rings. The zero-order valence-electron chi connectivity index (χ0n) is 11.1. The standard InChI is InChI=1S/C13H9Cl2FN2O4/c1-21-10-2-5(7(16)3-6(10)14)9-4-8(17)11(15)12(18-9)22-13(19)20/h2-4H,1H3,(H2,17,18)(H,19,20). The highest BCUT2D eigenvalue weighted by Crippen LogP contribution is 2.37. The minimum Gasteiger partial charge on any atom is -0.495 e. The van der Waals surface area contributed by atoms with Crippen LogP contribution in [0.15, 0.2) is 18.2 Å². The Morgan fingerprint density at radius 2 is 2.05 bits per heavy atom. The second-order valence-electron chi connectivity index (χ2n) is 4.05. The van der Waals surface area contributed by atoms with Gasteiger partial charge >= 0.3 is 6.16 Å². The molecule has 2 rings (SSSR count). The number of benzene rings is 1. The van der Waals surface area contributed by atoms with E-state index in [9.17, 15) is 9.18 Å². The number of nitrogen functional groups attached to an aromatic ring is 1. The molecule has 1 heterocycles. The molecule has 0 radical (unpaired) electrons. The van der Waals surface area contributed by atoms with Crippen LogP contribution < -0.4 is 15.2 Å². The Kier molecular flexibility index (Phi) is 4.58. The Morgan fingerprint density at radius 3 is 2.64 bits per heavy atom. The highest BCUT2D eigenvalue weighted by Gasteiger charge is 2.18. The number of nitrogens with zero attached hydrogens (tertiary/aromatic N) is 1. The van der Waals surface area contributed by atoms with Crippen molar-refractivity contribution in [3.05, 3.63) is 34.1 Å². The molecular formula is C13H9Cl2FN2O4. The minimum atomic E-state index is -1.62. The van der Waals surface area contributed by atoms with Gasteiger partial charge in [0.25, 0.3) is 0 Å². The Balaban J connectivity index is 2.62. The highest BCUT2D eigenvalue weighted by atomic mass is 35.5. The summed E-state index contributed by atoms with van der Waals surface area (Å²) in [6.45, 7) is 0. The maximum Gasteiger partial charge on any atom is 0.512 e. The third-order valence-electron chi connectivity index (χ3n) is 2.66. The van der Waals surface area contributed by atoms with Gasteiger partial charge < -0.3 is 20.3 Å². The lowest BCUT2D eigenvalue weighted by molar-refractivity contribution is 0.142. The van der Waals surface area contributed by atoms with E-state index in [-0.39, 0.29) is 32.7 Å². The molecule has 0 saturated carbocycles. The van der Waals surface area contributed by atoms with Gasteiger partial charge in [-0.15, -0.1) is 0 Å². The number of anilines is 1. The van der Waals surface area contributed by atoms with Crippen LogP contribution >= 0.6 is 23.2 Å². The van der Waals surface area contributed by atoms with Crippen molar-refractivity contribution in [3.8, 4) is 22.9 Å². The van der Waals surface area contributed by atoms with Crippen LogP contribution in [0.1, 0.15) is 0 Å². The lowest BCUT2D eigenvalue weighted by Gasteiger charge is -2.11. The maximum atomic E-state index is 14.1. The number of hydrogen-bond acceptors (Lipinski definition) is 5. The fourth-order valence-corrected chi connectivity index (χ4v) is 2.06. The van der Waals surface area contributed by atoms with Crippen LogP contribution in [0.3, 0.4) is 0 Å². The minimum absolute atomic E-state index is 0.000134. The normalized spacial score (nSPS) is 10.4. The molecule has 116 valence electrons. The molecule has 1 aromatic carbocycles. The first-order valence-electron chi connectivity index (χ1n) is 5.73. The first-order valence-corrected chi connectivity index (χ1v) is 6.49. The van der Waals surface area contributed by atoms with Crippen LogP contribution in [-0.2, 0) is 0 Å². The molecular weight excluding hydrogens is 338 g/mol. The molecule has 1 aromatic heterocycles. The van der Waals surface area contributed by atoms with Crippen LogP contribution in [-0.4, -0.2) is 23.4 Å². The second kappa shape index (κ2) is 6.25. The Labute approximate surface area is 134 Å². The summed E-state index contributed by atoms with van der Waals surface area (Å²) in [6.07, 6.45) is -1.62. The number of pyridine rings is 1. The van der Waals surface area contributed by atoms with E-state index >= 15 is 0 Å². The first-order chi connectivity index (χ1) is 10.3. The summed E-state index contributed by atoms with van der Waals surface area (Å²) in [5.41, 5.74) is 5.66. The molecule has 3 N–H and O–H groups in total. The third-order valence-corrected chi connectivity index (χ3v) is 3.33. The van der Waals surface area contributed by atoms with Crippen molar-refractivity contribution in [2.75, 3.05) is 12.8 Å². The monoisotopic (exact) mass is 346 g/mol. The first kappa shape index (κ1) is 16.1. The van der Waals surface area contributed by atoms with Crippen molar-refractivity contribution >= 4 is 35.0 Å². The predicted molar refractivity (Wildman–Crippen MR) is 79.3 cm³/mol. The van der Waals surface area contributed by atoms with Gasteiger partial charge in [-0.1, -0.05) is 23.2 Å². The zero-order chi connectivity index (χ0) is 16.4. The number of rotatable bonds is 3. The van der Waals surface area contributed by atoms with Gasteiger partial charge in [0.05, 0.1) is 23.5 Å². The van der Waals surface area contributed by atoms with Crippen molar-refractivity contribution in [2.24, 2.45) is 0 Å². The van der Waals surface area contributed by atoms with Gasteiger partial charge in [0.1, 0.15) is 16.6 Å². The number of nitrogens with two attached hydrogens (primary N) is 1. The molecule has 0 saturated heterocycles. The fourth-order valence-electron chi connectivity index (χ4n) is 1.70. The van der Waals surface area contributed by atoms with Gasteiger partial charge in [0, 0.05) is 5.56 Å². The van der Waals surface area contributed by atoms with Crippen molar-refractivity contribution in [3.63, 3.8) is 0 Å². The van der Waals surface area contributed by atoms with Crippen LogP contribution in [0.25, 0.3) is 11.3 Å². The molecule has 0 unspecified atom stereocenters.